The second kappa shape index (κ2) is 5.66. The Morgan fingerprint density at radius 2 is 2.04 bits per heavy atom. The minimum atomic E-state index is -0.0523. The van der Waals surface area contributed by atoms with Gasteiger partial charge in [-0.25, -0.2) is 9.97 Å². The molecule has 2 N–H and O–H groups in total. The number of aromatic nitrogens is 4. The Balaban J connectivity index is 1.72. The minimum absolute atomic E-state index is 0.0523. The number of fused-ring (bicyclic) bond motifs is 2. The molecule has 7 nitrogen and oxygen atoms in total. The van der Waals surface area contributed by atoms with Gasteiger partial charge >= 0.3 is 0 Å². The highest BCUT2D eigenvalue weighted by Gasteiger charge is 2.50. The fourth-order valence-electron chi connectivity index (χ4n) is 4.14. The normalized spacial score (nSPS) is 28.5. The standard InChI is InChI=1S/C17H22N6O/c1-10-11-6-12(7-11)23(14(10)8-18)17(24)15-13(9-22(2)21-15)16-19-4-3-5-20-16/h3-5,9-12,14H,6-8,18H2,1-2H3. The monoisotopic (exact) mass is 326 g/mol. The summed E-state index contributed by atoms with van der Waals surface area (Å²) >= 11 is 0. The lowest BCUT2D eigenvalue weighted by molar-refractivity contribution is -0.0517. The largest absolute Gasteiger partial charge is 0.330 e. The summed E-state index contributed by atoms with van der Waals surface area (Å²) in [7, 11) is 1.81. The van der Waals surface area contributed by atoms with Gasteiger partial charge in [0.05, 0.1) is 5.56 Å². The van der Waals surface area contributed by atoms with E-state index in [2.05, 4.69) is 22.0 Å². The Morgan fingerprint density at radius 1 is 1.33 bits per heavy atom. The molecule has 1 aliphatic carbocycles. The second-order valence-corrected chi connectivity index (χ2v) is 6.90. The molecule has 2 aromatic rings. The van der Waals surface area contributed by atoms with Gasteiger partial charge in [0.25, 0.3) is 5.91 Å². The first-order chi connectivity index (χ1) is 11.6. The third-order valence-electron chi connectivity index (χ3n) is 5.56. The van der Waals surface area contributed by atoms with Gasteiger partial charge in [0.15, 0.2) is 11.5 Å². The Kier molecular flexibility index (Phi) is 3.60. The van der Waals surface area contributed by atoms with Crippen molar-refractivity contribution in [2.75, 3.05) is 6.54 Å². The van der Waals surface area contributed by atoms with Gasteiger partial charge in [-0.2, -0.15) is 5.10 Å². The van der Waals surface area contributed by atoms with Crippen molar-refractivity contribution in [3.05, 3.63) is 30.4 Å². The summed E-state index contributed by atoms with van der Waals surface area (Å²) in [6, 6.07) is 2.13. The van der Waals surface area contributed by atoms with Crippen LogP contribution in [0.3, 0.4) is 0 Å². The summed E-state index contributed by atoms with van der Waals surface area (Å²) < 4.78 is 1.65. The zero-order valence-electron chi connectivity index (χ0n) is 14.0. The lowest BCUT2D eigenvalue weighted by Gasteiger charge is -2.57. The zero-order valence-corrected chi connectivity index (χ0v) is 14.0. The van der Waals surface area contributed by atoms with E-state index in [9.17, 15) is 4.79 Å². The average Bonchev–Trinajstić information content (AvgIpc) is 2.95. The highest BCUT2D eigenvalue weighted by Crippen LogP contribution is 2.46. The number of piperidine rings is 2. The lowest BCUT2D eigenvalue weighted by Crippen LogP contribution is -2.64. The first kappa shape index (κ1) is 15.3. The van der Waals surface area contributed by atoms with Crippen LogP contribution < -0.4 is 5.73 Å². The molecule has 1 amide bonds. The molecule has 2 bridgehead atoms. The maximum atomic E-state index is 13.3. The highest BCUT2D eigenvalue weighted by atomic mass is 16.2. The summed E-state index contributed by atoms with van der Waals surface area (Å²) in [5.74, 6) is 1.61. The van der Waals surface area contributed by atoms with Crippen LogP contribution in [0.1, 0.15) is 30.3 Å². The van der Waals surface area contributed by atoms with E-state index in [0.29, 0.717) is 41.5 Å². The Morgan fingerprint density at radius 3 is 2.71 bits per heavy atom. The van der Waals surface area contributed by atoms with Gasteiger partial charge in [-0.1, -0.05) is 6.92 Å². The van der Waals surface area contributed by atoms with Crippen molar-refractivity contribution in [1.82, 2.24) is 24.6 Å². The molecule has 5 rings (SSSR count). The average molecular weight is 326 g/mol. The molecule has 2 unspecified atom stereocenters. The summed E-state index contributed by atoms with van der Waals surface area (Å²) in [6.45, 7) is 2.70. The van der Waals surface area contributed by atoms with Crippen LogP contribution in [0.4, 0.5) is 0 Å². The van der Waals surface area contributed by atoms with Crippen LogP contribution in [-0.2, 0) is 7.05 Å². The zero-order chi connectivity index (χ0) is 16.8. The third-order valence-corrected chi connectivity index (χ3v) is 5.56. The number of amides is 1. The van der Waals surface area contributed by atoms with E-state index in [1.165, 1.54) is 0 Å². The number of carbonyl (C=O) groups excluding carboxylic acids is 1. The summed E-state index contributed by atoms with van der Waals surface area (Å²) in [5, 5.41) is 4.41. The maximum Gasteiger partial charge on any atom is 0.275 e. The topological polar surface area (TPSA) is 89.9 Å². The van der Waals surface area contributed by atoms with Crippen LogP contribution >= 0.6 is 0 Å². The van der Waals surface area contributed by atoms with Crippen LogP contribution in [0.2, 0.25) is 0 Å². The number of carbonyl (C=O) groups is 1. The SMILES string of the molecule is CC1C2CC(C2)N(C(=O)c2nn(C)cc2-c2ncccn2)C1CN. The molecule has 0 aromatic carbocycles. The van der Waals surface area contributed by atoms with E-state index >= 15 is 0 Å². The summed E-state index contributed by atoms with van der Waals surface area (Å²) in [5.41, 5.74) is 7.08. The molecular formula is C17H22N6O. The predicted octanol–water partition coefficient (Wildman–Crippen LogP) is 1.07. The predicted molar refractivity (Wildman–Crippen MR) is 88.9 cm³/mol. The molecular weight excluding hydrogens is 304 g/mol. The smallest absolute Gasteiger partial charge is 0.275 e. The highest BCUT2D eigenvalue weighted by molar-refractivity contribution is 5.98. The third kappa shape index (κ3) is 2.23. The van der Waals surface area contributed by atoms with E-state index < -0.39 is 0 Å². The molecule has 24 heavy (non-hydrogen) atoms. The number of aryl methyl sites for hydroxylation is 1. The van der Waals surface area contributed by atoms with Gasteiger partial charge in [0.1, 0.15) is 0 Å². The van der Waals surface area contributed by atoms with Crippen molar-refractivity contribution in [2.45, 2.75) is 31.8 Å². The van der Waals surface area contributed by atoms with Crippen molar-refractivity contribution in [2.24, 2.45) is 24.6 Å². The van der Waals surface area contributed by atoms with Gasteiger partial charge in [0.2, 0.25) is 0 Å². The van der Waals surface area contributed by atoms with E-state index in [-0.39, 0.29) is 11.9 Å². The molecule has 2 aromatic heterocycles. The Labute approximate surface area is 140 Å². The van der Waals surface area contributed by atoms with Crippen molar-refractivity contribution >= 4 is 5.91 Å². The van der Waals surface area contributed by atoms with Gasteiger partial charge in [0, 0.05) is 44.3 Å². The second-order valence-electron chi connectivity index (χ2n) is 6.90. The fourth-order valence-corrected chi connectivity index (χ4v) is 4.14. The Bertz CT molecular complexity index is 752. The first-order valence-electron chi connectivity index (χ1n) is 8.44. The van der Waals surface area contributed by atoms with E-state index in [4.69, 9.17) is 5.73 Å². The fraction of sp³-hybridized carbons (Fsp3) is 0.529. The summed E-state index contributed by atoms with van der Waals surface area (Å²) in [6.07, 6.45) is 7.30. The number of nitrogens with two attached hydrogens (primary N) is 1. The Hall–Kier alpha value is -2.28. The van der Waals surface area contributed by atoms with Gasteiger partial charge < -0.3 is 10.6 Å². The molecule has 2 aliphatic heterocycles. The van der Waals surface area contributed by atoms with Crippen LogP contribution in [0.15, 0.2) is 24.7 Å². The van der Waals surface area contributed by atoms with Gasteiger partial charge in [-0.3, -0.25) is 9.48 Å². The van der Waals surface area contributed by atoms with E-state index in [1.54, 1.807) is 29.3 Å². The number of hydrogen-bond donors (Lipinski definition) is 1. The van der Waals surface area contributed by atoms with Gasteiger partial charge in [-0.15, -0.1) is 0 Å². The maximum absolute atomic E-state index is 13.3. The minimum Gasteiger partial charge on any atom is -0.330 e. The first-order valence-corrected chi connectivity index (χ1v) is 8.44. The van der Waals surface area contributed by atoms with Crippen molar-refractivity contribution < 1.29 is 4.79 Å². The van der Waals surface area contributed by atoms with Crippen molar-refractivity contribution in [1.29, 1.82) is 0 Å². The van der Waals surface area contributed by atoms with Gasteiger partial charge in [-0.05, 0) is 30.7 Å². The van der Waals surface area contributed by atoms with E-state index in [0.717, 1.165) is 12.8 Å². The van der Waals surface area contributed by atoms with Crippen LogP contribution in [-0.4, -0.2) is 49.2 Å². The molecule has 2 atom stereocenters. The molecule has 0 spiro atoms. The molecule has 1 saturated carbocycles. The number of hydrogen-bond acceptors (Lipinski definition) is 5. The summed E-state index contributed by atoms with van der Waals surface area (Å²) in [4.78, 5) is 23.8. The van der Waals surface area contributed by atoms with Crippen LogP contribution in [0.5, 0.6) is 0 Å². The molecule has 126 valence electrons. The molecule has 3 fully saturated rings. The molecule has 2 saturated heterocycles. The molecule has 0 radical (unpaired) electrons. The van der Waals surface area contributed by atoms with Crippen LogP contribution in [0, 0.1) is 11.8 Å². The number of rotatable bonds is 3. The van der Waals surface area contributed by atoms with Crippen molar-refractivity contribution in [3.8, 4) is 11.4 Å². The lowest BCUT2D eigenvalue weighted by atomic mass is 9.64. The molecule has 3 aliphatic rings. The quantitative estimate of drug-likeness (QED) is 0.911. The van der Waals surface area contributed by atoms with Crippen LogP contribution in [0.25, 0.3) is 11.4 Å². The molecule has 7 heteroatoms. The van der Waals surface area contributed by atoms with E-state index in [1.807, 2.05) is 11.9 Å². The van der Waals surface area contributed by atoms with Crippen molar-refractivity contribution in [3.63, 3.8) is 0 Å². The number of nitrogens with zero attached hydrogens (tertiary/aromatic N) is 5. The molecule has 4 heterocycles.